The van der Waals surface area contributed by atoms with E-state index in [2.05, 4.69) is 10.2 Å². The molecule has 0 aliphatic carbocycles. The van der Waals surface area contributed by atoms with Crippen LogP contribution in [-0.4, -0.2) is 67.4 Å². The lowest BCUT2D eigenvalue weighted by atomic mass is 10.1. The molecule has 11 heteroatoms. The number of anilines is 2. The van der Waals surface area contributed by atoms with E-state index in [-0.39, 0.29) is 9.80 Å². The van der Waals surface area contributed by atoms with Gasteiger partial charge in [0.15, 0.2) is 0 Å². The zero-order valence-electron chi connectivity index (χ0n) is 22.8. The van der Waals surface area contributed by atoms with Crippen LogP contribution in [-0.2, 0) is 19.6 Å². The number of thioether (sulfide) groups is 1. The SMILES string of the molecule is O=C(CN1C(=O)SC(=CC=Cc2ccccc2)C1=O)Nc1cc(S(=O)(=O)N2CCCCC2)ccc1N1CCCCC1. The van der Waals surface area contributed by atoms with Crippen LogP contribution in [0.25, 0.3) is 6.08 Å². The van der Waals surface area contributed by atoms with Crippen molar-refractivity contribution in [1.82, 2.24) is 9.21 Å². The van der Waals surface area contributed by atoms with Gasteiger partial charge in [-0.25, -0.2) is 8.42 Å². The van der Waals surface area contributed by atoms with E-state index < -0.39 is 33.6 Å². The molecule has 0 spiro atoms. The summed E-state index contributed by atoms with van der Waals surface area (Å²) < 4.78 is 28.3. The highest BCUT2D eigenvalue weighted by Gasteiger charge is 2.36. The normalized spacial score (nSPS) is 19.9. The number of benzene rings is 2. The summed E-state index contributed by atoms with van der Waals surface area (Å²) in [6.45, 7) is 2.08. The molecule has 0 saturated carbocycles. The van der Waals surface area contributed by atoms with Crippen molar-refractivity contribution in [2.45, 2.75) is 43.4 Å². The lowest BCUT2D eigenvalue weighted by Crippen LogP contribution is -2.37. The molecule has 3 heterocycles. The molecule has 5 rings (SSSR count). The second-order valence-corrected chi connectivity index (χ2v) is 13.2. The predicted octanol–water partition coefficient (Wildman–Crippen LogP) is 5.08. The molecule has 0 radical (unpaired) electrons. The van der Waals surface area contributed by atoms with Gasteiger partial charge in [0.05, 0.1) is 21.2 Å². The molecule has 216 valence electrons. The van der Waals surface area contributed by atoms with Gasteiger partial charge in [-0.1, -0.05) is 48.9 Å². The third-order valence-corrected chi connectivity index (χ3v) is 10.2. The van der Waals surface area contributed by atoms with E-state index in [4.69, 9.17) is 0 Å². The van der Waals surface area contributed by atoms with Gasteiger partial charge >= 0.3 is 0 Å². The number of nitrogens with one attached hydrogen (secondary N) is 1. The Morgan fingerprint density at radius 3 is 2.29 bits per heavy atom. The minimum Gasteiger partial charge on any atom is -0.370 e. The van der Waals surface area contributed by atoms with Crippen molar-refractivity contribution in [2.75, 3.05) is 42.9 Å². The molecule has 41 heavy (non-hydrogen) atoms. The Morgan fingerprint density at radius 2 is 1.59 bits per heavy atom. The molecule has 9 nitrogen and oxygen atoms in total. The summed E-state index contributed by atoms with van der Waals surface area (Å²) in [5.74, 6) is -1.11. The summed E-state index contributed by atoms with van der Waals surface area (Å²) in [6.07, 6.45) is 10.9. The maximum atomic E-state index is 13.4. The van der Waals surface area contributed by atoms with Crippen molar-refractivity contribution in [2.24, 2.45) is 0 Å². The van der Waals surface area contributed by atoms with E-state index in [9.17, 15) is 22.8 Å². The van der Waals surface area contributed by atoms with Crippen molar-refractivity contribution in [1.29, 1.82) is 0 Å². The number of hydrogen-bond acceptors (Lipinski definition) is 7. The topological polar surface area (TPSA) is 107 Å². The molecule has 3 aliphatic rings. The summed E-state index contributed by atoms with van der Waals surface area (Å²) in [7, 11) is -3.72. The van der Waals surface area contributed by atoms with Gasteiger partial charge in [-0.05, 0) is 73.7 Å². The number of carbonyl (C=O) groups is 3. The molecule has 0 aromatic heterocycles. The summed E-state index contributed by atoms with van der Waals surface area (Å²) in [5, 5.41) is 2.29. The number of sulfonamides is 1. The lowest BCUT2D eigenvalue weighted by Gasteiger charge is -2.31. The third-order valence-electron chi connectivity index (χ3n) is 7.40. The van der Waals surface area contributed by atoms with E-state index >= 15 is 0 Å². The Morgan fingerprint density at radius 1 is 0.902 bits per heavy atom. The number of hydrogen-bond donors (Lipinski definition) is 1. The summed E-state index contributed by atoms with van der Waals surface area (Å²) >= 11 is 0.787. The molecular formula is C30H34N4O5S2. The third kappa shape index (κ3) is 6.91. The fraction of sp³-hybridized carbons (Fsp3) is 0.367. The number of imide groups is 1. The standard InChI is InChI=1S/C30H34N4O5S2/c35-28(22-34-29(36)27(40-30(34)37)14-10-13-23-11-4-1-5-12-23)31-25-21-24(41(38,39)33-19-8-3-9-20-33)15-16-26(25)32-17-6-2-7-18-32/h1,4-5,10-16,21H,2-3,6-9,17-20,22H2,(H,31,35). The highest BCUT2D eigenvalue weighted by molar-refractivity contribution is 8.18. The summed E-state index contributed by atoms with van der Waals surface area (Å²) in [5.41, 5.74) is 2.05. The van der Waals surface area contributed by atoms with E-state index in [0.717, 1.165) is 79.5 Å². The number of nitrogens with zero attached hydrogens (tertiary/aromatic N) is 3. The average molecular weight is 595 g/mol. The van der Waals surface area contributed by atoms with Crippen molar-refractivity contribution < 1.29 is 22.8 Å². The number of amides is 3. The van der Waals surface area contributed by atoms with Gasteiger partial charge in [0.25, 0.3) is 11.1 Å². The highest BCUT2D eigenvalue weighted by atomic mass is 32.2. The van der Waals surface area contributed by atoms with E-state index in [0.29, 0.717) is 18.8 Å². The largest absolute Gasteiger partial charge is 0.370 e. The zero-order chi connectivity index (χ0) is 28.8. The lowest BCUT2D eigenvalue weighted by molar-refractivity contribution is -0.127. The molecule has 3 aliphatic heterocycles. The van der Waals surface area contributed by atoms with Crippen LogP contribution >= 0.6 is 11.8 Å². The number of carbonyl (C=O) groups excluding carboxylic acids is 3. The molecule has 0 atom stereocenters. The number of piperidine rings is 2. The van der Waals surface area contributed by atoms with Crippen LogP contribution < -0.4 is 10.2 Å². The van der Waals surface area contributed by atoms with Crippen LogP contribution in [0, 0.1) is 0 Å². The second kappa shape index (κ2) is 13.1. The van der Waals surface area contributed by atoms with Gasteiger partial charge in [-0.15, -0.1) is 0 Å². The van der Waals surface area contributed by atoms with Gasteiger partial charge in [-0.2, -0.15) is 4.31 Å². The van der Waals surface area contributed by atoms with Gasteiger partial charge < -0.3 is 10.2 Å². The molecule has 3 amide bonds. The maximum Gasteiger partial charge on any atom is 0.294 e. The van der Waals surface area contributed by atoms with E-state index in [1.165, 1.54) is 10.4 Å². The highest BCUT2D eigenvalue weighted by Crippen LogP contribution is 2.34. The fourth-order valence-corrected chi connectivity index (χ4v) is 7.57. The van der Waals surface area contributed by atoms with Crippen molar-refractivity contribution in [3.8, 4) is 0 Å². The first-order valence-corrected chi connectivity index (χ1v) is 16.2. The number of rotatable bonds is 8. The molecule has 1 N–H and O–H groups in total. The molecule has 3 fully saturated rings. The molecule has 0 bridgehead atoms. The van der Waals surface area contributed by atoms with Gasteiger partial charge in [-0.3, -0.25) is 19.3 Å². The first-order valence-electron chi connectivity index (χ1n) is 14.0. The first kappa shape index (κ1) is 29.1. The van der Waals surface area contributed by atoms with E-state index in [1.54, 1.807) is 24.3 Å². The molecule has 0 unspecified atom stereocenters. The Bertz CT molecular complexity index is 1460. The van der Waals surface area contributed by atoms with Crippen molar-refractivity contribution in [3.05, 3.63) is 71.2 Å². The van der Waals surface area contributed by atoms with Gasteiger partial charge in [0.2, 0.25) is 15.9 Å². The average Bonchev–Trinajstić information content (AvgIpc) is 3.26. The Labute approximate surface area is 245 Å². The monoisotopic (exact) mass is 594 g/mol. The fourth-order valence-electron chi connectivity index (χ4n) is 5.24. The van der Waals surface area contributed by atoms with Crippen LogP contribution in [0.4, 0.5) is 16.2 Å². The quantitative estimate of drug-likeness (QED) is 0.425. The van der Waals surface area contributed by atoms with Crippen molar-refractivity contribution >= 4 is 56.3 Å². The first-order chi connectivity index (χ1) is 19.8. The minimum atomic E-state index is -3.72. The van der Waals surface area contributed by atoms with Gasteiger partial charge in [0.1, 0.15) is 6.54 Å². The molecular weight excluding hydrogens is 560 g/mol. The van der Waals surface area contributed by atoms with Crippen LogP contribution in [0.5, 0.6) is 0 Å². The molecule has 2 aromatic carbocycles. The van der Waals surface area contributed by atoms with E-state index in [1.807, 2.05) is 36.4 Å². The van der Waals surface area contributed by atoms with Crippen molar-refractivity contribution in [3.63, 3.8) is 0 Å². The minimum absolute atomic E-state index is 0.120. The molecule has 2 aromatic rings. The summed E-state index contributed by atoms with van der Waals surface area (Å²) in [6, 6.07) is 14.4. The van der Waals surface area contributed by atoms with Gasteiger partial charge in [0, 0.05) is 26.2 Å². The Hall–Kier alpha value is -3.41. The smallest absolute Gasteiger partial charge is 0.294 e. The van der Waals surface area contributed by atoms with Crippen LogP contribution in [0.3, 0.4) is 0 Å². The Balaban J connectivity index is 1.33. The van der Waals surface area contributed by atoms with Crippen LogP contribution in [0.2, 0.25) is 0 Å². The predicted molar refractivity (Wildman–Crippen MR) is 162 cm³/mol. The number of allylic oxidation sites excluding steroid dienone is 2. The Kier molecular flexibility index (Phi) is 9.26. The second-order valence-electron chi connectivity index (χ2n) is 10.3. The summed E-state index contributed by atoms with van der Waals surface area (Å²) in [4.78, 5) is 42.1. The van der Waals surface area contributed by atoms with Crippen LogP contribution in [0.15, 0.2) is 70.5 Å². The molecule has 3 saturated heterocycles. The zero-order valence-corrected chi connectivity index (χ0v) is 24.5. The van der Waals surface area contributed by atoms with Crippen LogP contribution in [0.1, 0.15) is 44.1 Å². The maximum absolute atomic E-state index is 13.4.